The molecular weight excluding hydrogens is 695 g/mol. The minimum Gasteiger partial charge on any atom is -0.394 e. The van der Waals surface area contributed by atoms with Crippen LogP contribution in [-0.2, 0) is 14.3 Å². The van der Waals surface area contributed by atoms with Crippen LogP contribution in [-0.4, -0.2) is 87.5 Å². The van der Waals surface area contributed by atoms with E-state index in [0.29, 0.717) is 6.42 Å². The van der Waals surface area contributed by atoms with Gasteiger partial charge in [0, 0.05) is 6.42 Å². The van der Waals surface area contributed by atoms with Crippen molar-refractivity contribution >= 4 is 5.91 Å². The number of amides is 1. The van der Waals surface area contributed by atoms with Crippen LogP contribution in [0.4, 0.5) is 0 Å². The molecule has 6 N–H and O–H groups in total. The van der Waals surface area contributed by atoms with E-state index in [1.54, 1.807) is 6.08 Å². The van der Waals surface area contributed by atoms with E-state index in [2.05, 4.69) is 31.3 Å². The first-order chi connectivity index (χ1) is 26.8. The highest BCUT2D eigenvalue weighted by atomic mass is 16.7. The van der Waals surface area contributed by atoms with Gasteiger partial charge in [0.25, 0.3) is 0 Å². The molecule has 1 saturated heterocycles. The van der Waals surface area contributed by atoms with Crippen molar-refractivity contribution in [2.75, 3.05) is 13.2 Å². The van der Waals surface area contributed by atoms with Gasteiger partial charge < -0.3 is 40.3 Å². The molecule has 0 bridgehead atoms. The molecule has 1 aliphatic heterocycles. The first kappa shape index (κ1) is 51.7. The first-order valence-electron chi connectivity index (χ1n) is 23.1. The average molecular weight is 782 g/mol. The number of carbonyl (C=O) groups is 1. The number of allylic oxidation sites excluding steroid dienone is 3. The maximum atomic E-state index is 12.9. The molecule has 0 saturated carbocycles. The second-order valence-corrected chi connectivity index (χ2v) is 16.2. The number of hydrogen-bond acceptors (Lipinski definition) is 8. The number of hydrogen-bond donors (Lipinski definition) is 6. The van der Waals surface area contributed by atoms with Gasteiger partial charge in [0.05, 0.1) is 25.4 Å². The number of nitrogens with one attached hydrogen (secondary N) is 1. The SMILES string of the molecule is CCCCCCCCCCC/C=C\CCCCCCCCCC(=O)NC(COC1OC(CO)C(O)C(O)C1O)C(O)/C=C/CCCCCCCCCCCC. The summed E-state index contributed by atoms with van der Waals surface area (Å²) in [5.74, 6) is -0.182. The Bertz CT molecular complexity index is 914. The Hall–Kier alpha value is -1.33. The van der Waals surface area contributed by atoms with E-state index in [-0.39, 0.29) is 12.5 Å². The monoisotopic (exact) mass is 782 g/mol. The molecule has 1 amide bonds. The van der Waals surface area contributed by atoms with E-state index in [1.165, 1.54) is 148 Å². The molecule has 0 aliphatic carbocycles. The molecule has 9 nitrogen and oxygen atoms in total. The predicted molar refractivity (Wildman–Crippen MR) is 226 cm³/mol. The van der Waals surface area contributed by atoms with Crippen molar-refractivity contribution in [3.05, 3.63) is 24.3 Å². The highest BCUT2D eigenvalue weighted by Gasteiger charge is 2.44. The summed E-state index contributed by atoms with van der Waals surface area (Å²) in [6, 6.07) is -0.803. The summed E-state index contributed by atoms with van der Waals surface area (Å²) in [6.07, 6.45) is 36.5. The molecule has 1 aliphatic rings. The quantitative estimate of drug-likeness (QED) is 0.0268. The predicted octanol–water partition coefficient (Wildman–Crippen LogP) is 9.50. The third-order valence-corrected chi connectivity index (χ3v) is 11.0. The van der Waals surface area contributed by atoms with Crippen molar-refractivity contribution in [2.45, 2.75) is 249 Å². The van der Waals surface area contributed by atoms with Crippen LogP contribution in [0.25, 0.3) is 0 Å². The number of aliphatic hydroxyl groups excluding tert-OH is 5. The second-order valence-electron chi connectivity index (χ2n) is 16.2. The molecule has 9 heteroatoms. The number of ether oxygens (including phenoxy) is 2. The van der Waals surface area contributed by atoms with Gasteiger partial charge in [0.1, 0.15) is 24.4 Å². The summed E-state index contributed by atoms with van der Waals surface area (Å²) in [7, 11) is 0. The summed E-state index contributed by atoms with van der Waals surface area (Å²) in [6.45, 7) is 3.76. The molecular formula is C46H87NO8. The van der Waals surface area contributed by atoms with E-state index >= 15 is 0 Å². The van der Waals surface area contributed by atoms with Gasteiger partial charge in [-0.3, -0.25) is 4.79 Å². The number of unbranched alkanes of at least 4 members (excludes halogenated alkanes) is 26. The number of carbonyl (C=O) groups excluding carboxylic acids is 1. The fourth-order valence-electron chi connectivity index (χ4n) is 7.27. The molecule has 1 fully saturated rings. The molecule has 1 rings (SSSR count). The summed E-state index contributed by atoms with van der Waals surface area (Å²) in [5.41, 5.74) is 0. The number of rotatable bonds is 38. The van der Waals surface area contributed by atoms with E-state index in [0.717, 1.165) is 38.5 Å². The Labute approximate surface area is 337 Å². The van der Waals surface area contributed by atoms with Crippen LogP contribution in [0.1, 0.15) is 206 Å². The third kappa shape index (κ3) is 27.9. The van der Waals surface area contributed by atoms with Gasteiger partial charge in [0.2, 0.25) is 5.91 Å². The van der Waals surface area contributed by atoms with Crippen molar-refractivity contribution in [3.8, 4) is 0 Å². The van der Waals surface area contributed by atoms with E-state index in [9.17, 15) is 30.3 Å². The summed E-state index contributed by atoms with van der Waals surface area (Å²) < 4.78 is 11.2. The van der Waals surface area contributed by atoms with Crippen molar-refractivity contribution in [3.63, 3.8) is 0 Å². The van der Waals surface area contributed by atoms with Gasteiger partial charge >= 0.3 is 0 Å². The second kappa shape index (κ2) is 37.0. The van der Waals surface area contributed by atoms with Gasteiger partial charge in [-0.15, -0.1) is 0 Å². The molecule has 7 atom stereocenters. The number of aliphatic hydroxyl groups is 5. The van der Waals surface area contributed by atoms with Gasteiger partial charge in [-0.05, 0) is 44.9 Å². The summed E-state index contributed by atoms with van der Waals surface area (Å²) >= 11 is 0. The Morgan fingerprint density at radius 3 is 1.47 bits per heavy atom. The highest BCUT2D eigenvalue weighted by Crippen LogP contribution is 2.22. The lowest BCUT2D eigenvalue weighted by atomic mass is 9.99. The van der Waals surface area contributed by atoms with Crippen LogP contribution < -0.4 is 5.32 Å². The molecule has 7 unspecified atom stereocenters. The maximum Gasteiger partial charge on any atom is 0.220 e. The van der Waals surface area contributed by atoms with Gasteiger partial charge in [-0.25, -0.2) is 0 Å². The summed E-state index contributed by atoms with van der Waals surface area (Å²) in [4.78, 5) is 12.9. The fraction of sp³-hybridized carbons (Fsp3) is 0.891. The normalized spacial score (nSPS) is 21.5. The van der Waals surface area contributed by atoms with Crippen molar-refractivity contribution in [2.24, 2.45) is 0 Å². The molecule has 0 spiro atoms. The molecule has 0 aromatic rings. The van der Waals surface area contributed by atoms with Crippen molar-refractivity contribution in [1.29, 1.82) is 0 Å². The standard InChI is InChI=1S/C46H87NO8/c1-3-5-7-9-11-13-15-17-18-19-20-21-22-23-24-26-28-30-32-34-36-42(50)47-39(38-54-46-45(53)44(52)43(51)41(37-48)55-46)40(49)35-33-31-29-27-25-16-14-12-10-8-6-4-2/h20-21,33,35,39-41,43-46,48-49,51-53H,3-19,22-32,34,36-38H2,1-2H3,(H,47,50)/b21-20-,35-33+. The van der Waals surface area contributed by atoms with Crippen LogP contribution in [0.15, 0.2) is 24.3 Å². The molecule has 55 heavy (non-hydrogen) atoms. The van der Waals surface area contributed by atoms with Crippen LogP contribution in [0.2, 0.25) is 0 Å². The Kier molecular flexibility index (Phi) is 34.7. The smallest absolute Gasteiger partial charge is 0.220 e. The molecule has 0 radical (unpaired) electrons. The molecule has 0 aromatic carbocycles. The van der Waals surface area contributed by atoms with Gasteiger partial charge in [0.15, 0.2) is 6.29 Å². The van der Waals surface area contributed by atoms with Crippen molar-refractivity contribution < 1.29 is 39.8 Å². The minimum atomic E-state index is -1.56. The van der Waals surface area contributed by atoms with Gasteiger partial charge in [-0.1, -0.05) is 179 Å². The van der Waals surface area contributed by atoms with Crippen LogP contribution in [0.3, 0.4) is 0 Å². The lowest BCUT2D eigenvalue weighted by Crippen LogP contribution is -2.60. The zero-order chi connectivity index (χ0) is 40.2. The van der Waals surface area contributed by atoms with Crippen LogP contribution in [0, 0.1) is 0 Å². The van der Waals surface area contributed by atoms with E-state index in [4.69, 9.17) is 9.47 Å². The molecule has 0 aromatic heterocycles. The first-order valence-corrected chi connectivity index (χ1v) is 23.1. The maximum absolute atomic E-state index is 12.9. The minimum absolute atomic E-state index is 0.182. The lowest BCUT2D eigenvalue weighted by molar-refractivity contribution is -0.302. The average Bonchev–Trinajstić information content (AvgIpc) is 3.18. The zero-order valence-corrected chi connectivity index (χ0v) is 35.4. The Morgan fingerprint density at radius 1 is 0.600 bits per heavy atom. The highest BCUT2D eigenvalue weighted by molar-refractivity contribution is 5.76. The largest absolute Gasteiger partial charge is 0.394 e. The topological polar surface area (TPSA) is 149 Å². The fourth-order valence-corrected chi connectivity index (χ4v) is 7.27. The van der Waals surface area contributed by atoms with Crippen LogP contribution >= 0.6 is 0 Å². The van der Waals surface area contributed by atoms with Crippen LogP contribution in [0.5, 0.6) is 0 Å². The van der Waals surface area contributed by atoms with Gasteiger partial charge in [-0.2, -0.15) is 0 Å². The van der Waals surface area contributed by atoms with Crippen molar-refractivity contribution in [1.82, 2.24) is 5.32 Å². The Morgan fingerprint density at radius 2 is 1.02 bits per heavy atom. The molecule has 324 valence electrons. The van der Waals surface area contributed by atoms with E-state index < -0.39 is 49.5 Å². The van der Waals surface area contributed by atoms with E-state index in [1.807, 2.05) is 6.08 Å². The Balaban J connectivity index is 2.32. The third-order valence-electron chi connectivity index (χ3n) is 11.0. The molecule has 1 heterocycles. The zero-order valence-electron chi connectivity index (χ0n) is 35.4. The summed E-state index contributed by atoms with van der Waals surface area (Å²) in [5, 5.41) is 54.1. The lowest BCUT2D eigenvalue weighted by Gasteiger charge is -2.40.